The smallest absolute Gasteiger partial charge is 0.269 e. The van der Waals surface area contributed by atoms with Crippen LogP contribution in [0.15, 0.2) is 48.5 Å². The first-order valence-electron chi connectivity index (χ1n) is 7.81. The normalized spacial score (nSPS) is 13.1. The van der Waals surface area contributed by atoms with Crippen molar-refractivity contribution in [1.29, 1.82) is 0 Å². The van der Waals surface area contributed by atoms with Gasteiger partial charge >= 0.3 is 0 Å². The number of amides is 2. The lowest BCUT2D eigenvalue weighted by molar-refractivity contribution is -0.120. The van der Waals surface area contributed by atoms with Crippen LogP contribution in [-0.4, -0.2) is 24.9 Å². The molecular formula is C18H18FN3O2. The standard InChI is InChI=1S/C18H18FN3O2/c19-15-9-7-14(8-10-15)18(24)21-20-17(23)12-22-11-3-5-13-4-1-2-6-16(13)22/h1-2,4,6-10H,3,5,11-12H2,(H,20,23)(H,21,24). The molecule has 0 unspecified atom stereocenters. The number of hydrazine groups is 1. The molecule has 1 aliphatic heterocycles. The van der Waals surface area contributed by atoms with E-state index in [-0.39, 0.29) is 18.0 Å². The molecule has 0 bridgehead atoms. The van der Waals surface area contributed by atoms with Crippen molar-refractivity contribution >= 4 is 17.5 Å². The van der Waals surface area contributed by atoms with E-state index in [1.165, 1.54) is 29.8 Å². The molecule has 5 nitrogen and oxygen atoms in total. The van der Waals surface area contributed by atoms with E-state index in [4.69, 9.17) is 0 Å². The maximum Gasteiger partial charge on any atom is 0.269 e. The summed E-state index contributed by atoms with van der Waals surface area (Å²) in [5.74, 6) is -1.20. The lowest BCUT2D eigenvalue weighted by Crippen LogP contribution is -2.47. The molecule has 0 saturated carbocycles. The molecule has 0 aliphatic carbocycles. The van der Waals surface area contributed by atoms with E-state index in [1.807, 2.05) is 23.1 Å². The Kier molecular flexibility index (Phi) is 4.74. The second-order valence-corrected chi connectivity index (χ2v) is 5.66. The Balaban J connectivity index is 1.55. The van der Waals surface area contributed by atoms with E-state index < -0.39 is 11.7 Å². The lowest BCUT2D eigenvalue weighted by Gasteiger charge is -2.30. The first-order valence-corrected chi connectivity index (χ1v) is 7.81. The molecule has 3 rings (SSSR count). The highest BCUT2D eigenvalue weighted by Crippen LogP contribution is 2.26. The van der Waals surface area contributed by atoms with E-state index in [0.29, 0.717) is 0 Å². The highest BCUT2D eigenvalue weighted by atomic mass is 19.1. The molecule has 0 radical (unpaired) electrons. The molecule has 124 valence electrons. The van der Waals surface area contributed by atoms with Gasteiger partial charge in [-0.25, -0.2) is 4.39 Å². The summed E-state index contributed by atoms with van der Waals surface area (Å²) in [6.07, 6.45) is 2.00. The van der Waals surface area contributed by atoms with Crippen molar-refractivity contribution in [3.05, 3.63) is 65.5 Å². The number of benzene rings is 2. The average molecular weight is 327 g/mol. The van der Waals surface area contributed by atoms with Crippen molar-refractivity contribution in [1.82, 2.24) is 10.9 Å². The van der Waals surface area contributed by atoms with Crippen molar-refractivity contribution in [2.45, 2.75) is 12.8 Å². The summed E-state index contributed by atoms with van der Waals surface area (Å²) in [6, 6.07) is 13.1. The topological polar surface area (TPSA) is 61.4 Å². The third kappa shape index (κ3) is 3.71. The number of fused-ring (bicyclic) bond motifs is 1. The van der Waals surface area contributed by atoms with E-state index in [9.17, 15) is 14.0 Å². The minimum atomic E-state index is -0.484. The molecule has 2 aromatic rings. The summed E-state index contributed by atoms with van der Waals surface area (Å²) in [5.41, 5.74) is 7.31. The number of carbonyl (C=O) groups is 2. The number of aryl methyl sites for hydroxylation is 1. The number of para-hydroxylation sites is 1. The van der Waals surface area contributed by atoms with Crippen LogP contribution >= 0.6 is 0 Å². The highest BCUT2D eigenvalue weighted by molar-refractivity contribution is 5.95. The molecule has 2 N–H and O–H groups in total. The van der Waals surface area contributed by atoms with Crippen molar-refractivity contribution in [2.24, 2.45) is 0 Å². The van der Waals surface area contributed by atoms with Gasteiger partial charge in [-0.3, -0.25) is 20.4 Å². The first kappa shape index (κ1) is 16.0. The number of rotatable bonds is 3. The SMILES string of the molecule is O=C(CN1CCCc2ccccc21)NNC(=O)c1ccc(F)cc1. The van der Waals surface area contributed by atoms with Gasteiger partial charge in [0.25, 0.3) is 11.8 Å². The summed E-state index contributed by atoms with van der Waals surface area (Å²) in [7, 11) is 0. The molecule has 0 aromatic heterocycles. The molecule has 0 spiro atoms. The molecule has 1 heterocycles. The van der Waals surface area contributed by atoms with Gasteiger partial charge in [0.1, 0.15) is 5.82 Å². The summed E-state index contributed by atoms with van der Waals surface area (Å²) in [5, 5.41) is 0. The summed E-state index contributed by atoms with van der Waals surface area (Å²) < 4.78 is 12.8. The fourth-order valence-corrected chi connectivity index (χ4v) is 2.79. The van der Waals surface area contributed by atoms with Crippen LogP contribution in [0.25, 0.3) is 0 Å². The second kappa shape index (κ2) is 7.12. The quantitative estimate of drug-likeness (QED) is 0.848. The Labute approximate surface area is 139 Å². The monoisotopic (exact) mass is 327 g/mol. The van der Waals surface area contributed by atoms with Gasteiger partial charge in [-0.15, -0.1) is 0 Å². The van der Waals surface area contributed by atoms with Crippen LogP contribution in [0.3, 0.4) is 0 Å². The molecule has 0 atom stereocenters. The zero-order chi connectivity index (χ0) is 16.9. The number of anilines is 1. The summed E-state index contributed by atoms with van der Waals surface area (Å²) in [4.78, 5) is 26.0. The van der Waals surface area contributed by atoms with Crippen molar-refractivity contribution in [2.75, 3.05) is 18.0 Å². The average Bonchev–Trinajstić information content (AvgIpc) is 2.61. The van der Waals surface area contributed by atoms with Crippen molar-refractivity contribution in [3.63, 3.8) is 0 Å². The second-order valence-electron chi connectivity index (χ2n) is 5.66. The van der Waals surface area contributed by atoms with Crippen LogP contribution in [0.5, 0.6) is 0 Å². The van der Waals surface area contributed by atoms with Crippen LogP contribution in [0, 0.1) is 5.82 Å². The maximum absolute atomic E-state index is 12.8. The van der Waals surface area contributed by atoms with E-state index in [0.717, 1.165) is 25.1 Å². The summed E-state index contributed by atoms with van der Waals surface area (Å²) >= 11 is 0. The fourth-order valence-electron chi connectivity index (χ4n) is 2.79. The Morgan fingerprint density at radius 1 is 1.04 bits per heavy atom. The Bertz CT molecular complexity index is 746. The van der Waals surface area contributed by atoms with Gasteiger partial charge < -0.3 is 4.90 Å². The zero-order valence-corrected chi connectivity index (χ0v) is 13.1. The maximum atomic E-state index is 12.8. The van der Waals surface area contributed by atoms with Crippen LogP contribution in [-0.2, 0) is 11.2 Å². The Morgan fingerprint density at radius 2 is 1.79 bits per heavy atom. The fraction of sp³-hybridized carbons (Fsp3) is 0.222. The number of halogens is 1. The number of hydrogen-bond donors (Lipinski definition) is 2. The number of hydrogen-bond acceptors (Lipinski definition) is 3. The molecule has 6 heteroatoms. The highest BCUT2D eigenvalue weighted by Gasteiger charge is 2.18. The van der Waals surface area contributed by atoms with E-state index >= 15 is 0 Å². The van der Waals surface area contributed by atoms with Gasteiger partial charge in [-0.05, 0) is 48.7 Å². The minimum Gasteiger partial charge on any atom is -0.362 e. The third-order valence-electron chi connectivity index (χ3n) is 3.96. The molecule has 2 amide bonds. The van der Waals surface area contributed by atoms with Gasteiger partial charge in [-0.1, -0.05) is 18.2 Å². The number of nitrogens with one attached hydrogen (secondary N) is 2. The van der Waals surface area contributed by atoms with Gasteiger partial charge in [-0.2, -0.15) is 0 Å². The first-order chi connectivity index (χ1) is 11.6. The van der Waals surface area contributed by atoms with Gasteiger partial charge in [0, 0.05) is 17.8 Å². The predicted octanol–water partition coefficient (Wildman–Crippen LogP) is 2.04. The van der Waals surface area contributed by atoms with Gasteiger partial charge in [0.2, 0.25) is 0 Å². The van der Waals surface area contributed by atoms with E-state index in [2.05, 4.69) is 16.9 Å². The largest absolute Gasteiger partial charge is 0.362 e. The molecule has 2 aromatic carbocycles. The molecule has 0 saturated heterocycles. The molecular weight excluding hydrogens is 309 g/mol. The van der Waals surface area contributed by atoms with Gasteiger partial charge in [0.15, 0.2) is 0 Å². The van der Waals surface area contributed by atoms with E-state index in [1.54, 1.807) is 0 Å². The zero-order valence-electron chi connectivity index (χ0n) is 13.1. The summed E-state index contributed by atoms with van der Waals surface area (Å²) in [6.45, 7) is 0.969. The van der Waals surface area contributed by atoms with Crippen molar-refractivity contribution < 1.29 is 14.0 Å². The Morgan fingerprint density at radius 3 is 2.58 bits per heavy atom. The van der Waals surface area contributed by atoms with Gasteiger partial charge in [0.05, 0.1) is 6.54 Å². The Hall–Kier alpha value is -2.89. The van der Waals surface area contributed by atoms with Crippen LogP contribution in [0.4, 0.5) is 10.1 Å². The van der Waals surface area contributed by atoms with Crippen molar-refractivity contribution in [3.8, 4) is 0 Å². The lowest BCUT2D eigenvalue weighted by atomic mass is 10.0. The number of carbonyl (C=O) groups excluding carboxylic acids is 2. The predicted molar refractivity (Wildman–Crippen MR) is 89.0 cm³/mol. The molecule has 1 aliphatic rings. The third-order valence-corrected chi connectivity index (χ3v) is 3.96. The van der Waals surface area contributed by atoms with Crippen LogP contribution in [0.1, 0.15) is 22.3 Å². The molecule has 0 fully saturated rings. The van der Waals surface area contributed by atoms with Crippen LogP contribution < -0.4 is 15.8 Å². The molecule has 24 heavy (non-hydrogen) atoms. The number of nitrogens with zero attached hydrogens (tertiary/aromatic N) is 1. The minimum absolute atomic E-state index is 0.167. The van der Waals surface area contributed by atoms with Crippen LogP contribution in [0.2, 0.25) is 0 Å².